The molecule has 0 aromatic carbocycles. The van der Waals surface area contributed by atoms with Crippen molar-refractivity contribution in [3.05, 3.63) is 30.1 Å². The minimum Gasteiger partial charge on any atom is -0.481 e. The molecule has 0 fully saturated rings. The highest BCUT2D eigenvalue weighted by atomic mass is 16.4. The van der Waals surface area contributed by atoms with Crippen molar-refractivity contribution in [1.82, 2.24) is 10.3 Å². The molecule has 0 spiro atoms. The summed E-state index contributed by atoms with van der Waals surface area (Å²) >= 11 is 0. The van der Waals surface area contributed by atoms with Crippen LogP contribution in [0.25, 0.3) is 0 Å². The predicted molar refractivity (Wildman–Crippen MR) is 62.1 cm³/mol. The standard InChI is InChI=1S/C12H18N2O2/c1-9(6-7-12(15)16)14-10(2)11-5-3-4-8-13-11/h3-5,8-10,14H,6-7H2,1-2H3,(H,15,16)/t9?,10-/m0/s1. The smallest absolute Gasteiger partial charge is 0.303 e. The van der Waals surface area contributed by atoms with Crippen LogP contribution in [0.4, 0.5) is 0 Å². The highest BCUT2D eigenvalue weighted by Crippen LogP contribution is 2.10. The zero-order valence-electron chi connectivity index (χ0n) is 9.68. The molecule has 16 heavy (non-hydrogen) atoms. The third-order valence-electron chi connectivity index (χ3n) is 2.46. The number of nitrogens with one attached hydrogen (secondary N) is 1. The van der Waals surface area contributed by atoms with Gasteiger partial charge < -0.3 is 10.4 Å². The lowest BCUT2D eigenvalue weighted by Crippen LogP contribution is -2.29. The summed E-state index contributed by atoms with van der Waals surface area (Å²) in [6.45, 7) is 4.02. The zero-order chi connectivity index (χ0) is 12.0. The Morgan fingerprint density at radius 3 is 2.81 bits per heavy atom. The number of carboxylic acids is 1. The molecule has 0 amide bonds. The van der Waals surface area contributed by atoms with Crippen molar-refractivity contribution in [3.63, 3.8) is 0 Å². The van der Waals surface area contributed by atoms with E-state index in [1.54, 1.807) is 6.20 Å². The molecule has 0 radical (unpaired) electrons. The first-order valence-electron chi connectivity index (χ1n) is 5.48. The van der Waals surface area contributed by atoms with E-state index in [0.717, 1.165) is 5.69 Å². The fourth-order valence-corrected chi connectivity index (χ4v) is 1.57. The molecule has 88 valence electrons. The maximum Gasteiger partial charge on any atom is 0.303 e. The topological polar surface area (TPSA) is 62.2 Å². The van der Waals surface area contributed by atoms with E-state index in [9.17, 15) is 4.79 Å². The summed E-state index contributed by atoms with van der Waals surface area (Å²) in [5, 5.41) is 11.9. The number of hydrogen-bond acceptors (Lipinski definition) is 3. The van der Waals surface area contributed by atoms with Gasteiger partial charge in [0.1, 0.15) is 0 Å². The van der Waals surface area contributed by atoms with E-state index in [4.69, 9.17) is 5.11 Å². The van der Waals surface area contributed by atoms with Crippen molar-refractivity contribution >= 4 is 5.97 Å². The molecule has 1 unspecified atom stereocenters. The van der Waals surface area contributed by atoms with Gasteiger partial charge in [-0.15, -0.1) is 0 Å². The van der Waals surface area contributed by atoms with Crippen LogP contribution in [0.2, 0.25) is 0 Å². The van der Waals surface area contributed by atoms with Crippen LogP contribution in [0.1, 0.15) is 38.4 Å². The summed E-state index contributed by atoms with van der Waals surface area (Å²) in [6.07, 6.45) is 2.59. The quantitative estimate of drug-likeness (QED) is 0.772. The van der Waals surface area contributed by atoms with E-state index in [1.807, 2.05) is 32.0 Å². The molecular weight excluding hydrogens is 204 g/mol. The van der Waals surface area contributed by atoms with E-state index in [1.165, 1.54) is 0 Å². The van der Waals surface area contributed by atoms with Crippen LogP contribution in [0.15, 0.2) is 24.4 Å². The monoisotopic (exact) mass is 222 g/mol. The van der Waals surface area contributed by atoms with Crippen LogP contribution in [-0.2, 0) is 4.79 Å². The number of carbonyl (C=O) groups is 1. The van der Waals surface area contributed by atoms with Crippen LogP contribution in [-0.4, -0.2) is 22.1 Å². The van der Waals surface area contributed by atoms with Crippen LogP contribution < -0.4 is 5.32 Å². The first-order chi connectivity index (χ1) is 7.59. The normalized spacial score (nSPS) is 14.4. The Morgan fingerprint density at radius 1 is 1.50 bits per heavy atom. The van der Waals surface area contributed by atoms with Crippen molar-refractivity contribution in [1.29, 1.82) is 0 Å². The van der Waals surface area contributed by atoms with Gasteiger partial charge in [0.2, 0.25) is 0 Å². The fraction of sp³-hybridized carbons (Fsp3) is 0.500. The minimum atomic E-state index is -0.751. The van der Waals surface area contributed by atoms with Gasteiger partial charge >= 0.3 is 5.97 Å². The highest BCUT2D eigenvalue weighted by molar-refractivity contribution is 5.66. The third-order valence-corrected chi connectivity index (χ3v) is 2.46. The molecule has 1 aromatic rings. The molecule has 0 aliphatic carbocycles. The second kappa shape index (κ2) is 6.23. The summed E-state index contributed by atoms with van der Waals surface area (Å²) in [5.74, 6) is -0.751. The Hall–Kier alpha value is -1.42. The second-order valence-electron chi connectivity index (χ2n) is 3.98. The van der Waals surface area contributed by atoms with E-state index in [-0.39, 0.29) is 18.5 Å². The number of aliphatic carboxylic acids is 1. The van der Waals surface area contributed by atoms with Gasteiger partial charge in [-0.05, 0) is 32.4 Å². The Morgan fingerprint density at radius 2 is 2.25 bits per heavy atom. The highest BCUT2D eigenvalue weighted by Gasteiger charge is 2.11. The molecule has 1 rings (SSSR count). The third kappa shape index (κ3) is 4.40. The van der Waals surface area contributed by atoms with Gasteiger partial charge in [0.25, 0.3) is 0 Å². The number of hydrogen-bond donors (Lipinski definition) is 2. The zero-order valence-corrected chi connectivity index (χ0v) is 9.68. The predicted octanol–water partition coefficient (Wildman–Crippen LogP) is 1.99. The number of aromatic nitrogens is 1. The molecule has 1 heterocycles. The van der Waals surface area contributed by atoms with E-state index >= 15 is 0 Å². The summed E-state index contributed by atoms with van der Waals surface area (Å²) < 4.78 is 0. The lowest BCUT2D eigenvalue weighted by atomic mass is 10.1. The van der Waals surface area contributed by atoms with Gasteiger partial charge in [-0.2, -0.15) is 0 Å². The van der Waals surface area contributed by atoms with Crippen LogP contribution in [0.5, 0.6) is 0 Å². The minimum absolute atomic E-state index is 0.144. The molecule has 0 aliphatic rings. The van der Waals surface area contributed by atoms with Crippen molar-refractivity contribution < 1.29 is 9.90 Å². The van der Waals surface area contributed by atoms with Crippen LogP contribution in [0, 0.1) is 0 Å². The molecule has 2 atom stereocenters. The summed E-state index contributed by atoms with van der Waals surface area (Å²) in [7, 11) is 0. The molecule has 4 nitrogen and oxygen atoms in total. The van der Waals surface area contributed by atoms with Gasteiger partial charge in [0.05, 0.1) is 5.69 Å². The molecule has 0 saturated carbocycles. The summed E-state index contributed by atoms with van der Waals surface area (Å²) in [6, 6.07) is 6.10. The molecular formula is C12H18N2O2. The van der Waals surface area contributed by atoms with Crippen molar-refractivity contribution in [2.75, 3.05) is 0 Å². The Balaban J connectivity index is 2.39. The largest absolute Gasteiger partial charge is 0.481 e. The van der Waals surface area contributed by atoms with Gasteiger partial charge in [-0.3, -0.25) is 9.78 Å². The number of nitrogens with zero attached hydrogens (tertiary/aromatic N) is 1. The number of pyridine rings is 1. The second-order valence-corrected chi connectivity index (χ2v) is 3.98. The van der Waals surface area contributed by atoms with E-state index in [2.05, 4.69) is 10.3 Å². The SMILES string of the molecule is CC(CCC(=O)O)N[C@@H](C)c1ccccn1. The maximum absolute atomic E-state index is 10.4. The van der Waals surface area contributed by atoms with Gasteiger partial charge in [0, 0.05) is 24.7 Å². The molecule has 2 N–H and O–H groups in total. The number of carboxylic acid groups (broad SMARTS) is 1. The fourth-order valence-electron chi connectivity index (χ4n) is 1.57. The molecule has 4 heteroatoms. The van der Waals surface area contributed by atoms with Crippen molar-refractivity contribution in [3.8, 4) is 0 Å². The Kier molecular flexibility index (Phi) is 4.92. The van der Waals surface area contributed by atoms with Gasteiger partial charge in [-0.1, -0.05) is 6.07 Å². The number of rotatable bonds is 6. The Bertz CT molecular complexity index is 327. The average Bonchev–Trinajstić information content (AvgIpc) is 2.27. The molecule has 0 aliphatic heterocycles. The summed E-state index contributed by atoms with van der Waals surface area (Å²) in [4.78, 5) is 14.7. The first kappa shape index (κ1) is 12.6. The molecule has 0 bridgehead atoms. The summed E-state index contributed by atoms with van der Waals surface area (Å²) in [5.41, 5.74) is 0.977. The van der Waals surface area contributed by atoms with Gasteiger partial charge in [-0.25, -0.2) is 0 Å². The van der Waals surface area contributed by atoms with Crippen molar-refractivity contribution in [2.24, 2.45) is 0 Å². The van der Waals surface area contributed by atoms with E-state index in [0.29, 0.717) is 6.42 Å². The molecule has 1 aromatic heterocycles. The lowest BCUT2D eigenvalue weighted by Gasteiger charge is -2.18. The lowest BCUT2D eigenvalue weighted by molar-refractivity contribution is -0.137. The molecule has 0 saturated heterocycles. The maximum atomic E-state index is 10.4. The van der Waals surface area contributed by atoms with Crippen molar-refractivity contribution in [2.45, 2.75) is 38.8 Å². The van der Waals surface area contributed by atoms with Crippen LogP contribution >= 0.6 is 0 Å². The van der Waals surface area contributed by atoms with Crippen LogP contribution in [0.3, 0.4) is 0 Å². The van der Waals surface area contributed by atoms with Gasteiger partial charge in [0.15, 0.2) is 0 Å². The average molecular weight is 222 g/mol. The first-order valence-corrected chi connectivity index (χ1v) is 5.48. The Labute approximate surface area is 95.7 Å². The van der Waals surface area contributed by atoms with E-state index < -0.39 is 5.97 Å².